The molecule has 0 spiro atoms. The van der Waals surface area contributed by atoms with Crippen LogP contribution in [0.2, 0.25) is 0 Å². The zero-order chi connectivity index (χ0) is 13.6. The second-order valence-electron chi connectivity index (χ2n) is 3.90. The summed E-state index contributed by atoms with van der Waals surface area (Å²) in [7, 11) is 0. The first-order chi connectivity index (χ1) is 9.06. The normalized spacial score (nSPS) is 11.1. The SMILES string of the molecule is O=c1[nH]cnc2c1c(I)cn2-c1cc(F)cc(F)c1. The summed E-state index contributed by atoms with van der Waals surface area (Å²) in [5.74, 6) is -1.37. The molecule has 2 heterocycles. The molecule has 0 fully saturated rings. The molecule has 0 atom stereocenters. The fourth-order valence-corrected chi connectivity index (χ4v) is 2.67. The van der Waals surface area contributed by atoms with Gasteiger partial charge >= 0.3 is 0 Å². The van der Waals surface area contributed by atoms with Crippen LogP contribution in [0, 0.1) is 15.2 Å². The van der Waals surface area contributed by atoms with Crippen LogP contribution < -0.4 is 5.56 Å². The first kappa shape index (κ1) is 12.3. The number of fused-ring (bicyclic) bond motifs is 1. The van der Waals surface area contributed by atoms with Gasteiger partial charge in [-0.15, -0.1) is 0 Å². The Balaban J connectivity index is 2.37. The Bertz CT molecular complexity index is 820. The van der Waals surface area contributed by atoms with Crippen LogP contribution >= 0.6 is 22.6 Å². The number of benzene rings is 1. The summed E-state index contributed by atoms with van der Waals surface area (Å²) in [6.07, 6.45) is 2.87. The van der Waals surface area contributed by atoms with E-state index in [1.165, 1.54) is 23.0 Å². The summed E-state index contributed by atoms with van der Waals surface area (Å²) in [5.41, 5.74) is 0.353. The molecule has 3 rings (SSSR count). The maximum atomic E-state index is 13.3. The van der Waals surface area contributed by atoms with Crippen molar-refractivity contribution >= 4 is 33.6 Å². The molecule has 0 aliphatic rings. The van der Waals surface area contributed by atoms with E-state index in [2.05, 4.69) is 9.97 Å². The molecule has 0 saturated heterocycles. The van der Waals surface area contributed by atoms with Crippen molar-refractivity contribution in [1.82, 2.24) is 14.5 Å². The summed E-state index contributed by atoms with van der Waals surface area (Å²) in [6.45, 7) is 0. The van der Waals surface area contributed by atoms with Gasteiger partial charge < -0.3 is 4.98 Å². The molecule has 0 saturated carbocycles. The van der Waals surface area contributed by atoms with Crippen molar-refractivity contribution in [2.45, 2.75) is 0 Å². The highest BCUT2D eigenvalue weighted by Gasteiger charge is 2.13. The lowest BCUT2D eigenvalue weighted by Gasteiger charge is -2.04. The fraction of sp³-hybridized carbons (Fsp3) is 0. The van der Waals surface area contributed by atoms with Crippen molar-refractivity contribution in [1.29, 1.82) is 0 Å². The molecule has 1 aromatic carbocycles. The maximum absolute atomic E-state index is 13.3. The zero-order valence-electron chi connectivity index (χ0n) is 9.32. The van der Waals surface area contributed by atoms with Crippen LogP contribution in [0.4, 0.5) is 8.78 Å². The molecule has 2 aromatic heterocycles. The highest BCUT2D eigenvalue weighted by atomic mass is 127. The second-order valence-corrected chi connectivity index (χ2v) is 5.07. The predicted octanol–water partition coefficient (Wildman–Crippen LogP) is 2.60. The number of hydrogen-bond donors (Lipinski definition) is 1. The number of rotatable bonds is 1. The van der Waals surface area contributed by atoms with Crippen LogP contribution in [0.5, 0.6) is 0 Å². The Kier molecular flexibility index (Phi) is 2.85. The van der Waals surface area contributed by atoms with Gasteiger partial charge in [-0.3, -0.25) is 9.36 Å². The number of aromatic nitrogens is 3. The maximum Gasteiger partial charge on any atom is 0.261 e. The first-order valence-electron chi connectivity index (χ1n) is 5.27. The average molecular weight is 373 g/mol. The highest BCUT2D eigenvalue weighted by Crippen LogP contribution is 2.22. The molecular weight excluding hydrogens is 367 g/mol. The Labute approximate surface area is 119 Å². The van der Waals surface area contributed by atoms with Gasteiger partial charge in [0.2, 0.25) is 0 Å². The van der Waals surface area contributed by atoms with Crippen LogP contribution in [-0.4, -0.2) is 14.5 Å². The van der Waals surface area contributed by atoms with E-state index in [0.717, 1.165) is 6.07 Å². The molecule has 0 bridgehead atoms. The summed E-state index contributed by atoms with van der Waals surface area (Å²) < 4.78 is 28.7. The summed E-state index contributed by atoms with van der Waals surface area (Å²) in [5, 5.41) is 0.396. The Morgan fingerprint density at radius 2 is 1.89 bits per heavy atom. The van der Waals surface area contributed by atoms with Crippen molar-refractivity contribution in [3.63, 3.8) is 0 Å². The lowest BCUT2D eigenvalue weighted by atomic mass is 10.3. The quantitative estimate of drug-likeness (QED) is 0.667. The van der Waals surface area contributed by atoms with E-state index >= 15 is 0 Å². The Morgan fingerprint density at radius 1 is 1.21 bits per heavy atom. The third-order valence-corrected chi connectivity index (χ3v) is 3.49. The largest absolute Gasteiger partial charge is 0.312 e. The predicted molar refractivity (Wildman–Crippen MR) is 74.3 cm³/mol. The minimum Gasteiger partial charge on any atom is -0.312 e. The van der Waals surface area contributed by atoms with Crippen LogP contribution in [0.1, 0.15) is 0 Å². The summed E-state index contributed by atoms with van der Waals surface area (Å²) >= 11 is 1.98. The molecule has 4 nitrogen and oxygen atoms in total. The number of nitrogens with zero attached hydrogens (tertiary/aromatic N) is 2. The molecule has 96 valence electrons. The number of hydrogen-bond acceptors (Lipinski definition) is 2. The van der Waals surface area contributed by atoms with E-state index in [4.69, 9.17) is 0 Å². The number of nitrogens with one attached hydrogen (secondary N) is 1. The minimum absolute atomic E-state index is 0.281. The zero-order valence-corrected chi connectivity index (χ0v) is 11.5. The molecule has 0 unspecified atom stereocenters. The lowest BCUT2D eigenvalue weighted by molar-refractivity contribution is 0.582. The Hall–Kier alpha value is -1.77. The number of halogens is 3. The van der Waals surface area contributed by atoms with E-state index in [1.807, 2.05) is 22.6 Å². The monoisotopic (exact) mass is 373 g/mol. The van der Waals surface area contributed by atoms with E-state index in [9.17, 15) is 13.6 Å². The van der Waals surface area contributed by atoms with E-state index in [-0.39, 0.29) is 11.2 Å². The smallest absolute Gasteiger partial charge is 0.261 e. The summed E-state index contributed by atoms with van der Waals surface area (Å²) in [4.78, 5) is 18.2. The van der Waals surface area contributed by atoms with E-state index in [1.54, 1.807) is 6.20 Å². The van der Waals surface area contributed by atoms with Gasteiger partial charge in [-0.25, -0.2) is 13.8 Å². The number of aromatic amines is 1. The van der Waals surface area contributed by atoms with Crippen molar-refractivity contribution in [2.24, 2.45) is 0 Å². The van der Waals surface area contributed by atoms with Crippen LogP contribution in [0.3, 0.4) is 0 Å². The average Bonchev–Trinajstić information content (AvgIpc) is 2.67. The molecule has 7 heteroatoms. The number of H-pyrrole nitrogens is 1. The third kappa shape index (κ3) is 2.03. The van der Waals surface area contributed by atoms with Gasteiger partial charge in [0.15, 0.2) is 5.65 Å². The molecule has 19 heavy (non-hydrogen) atoms. The van der Waals surface area contributed by atoms with Gasteiger partial charge in [0, 0.05) is 15.8 Å². The van der Waals surface area contributed by atoms with Gasteiger partial charge in [-0.1, -0.05) is 0 Å². The Morgan fingerprint density at radius 3 is 2.58 bits per heavy atom. The molecule has 0 aliphatic carbocycles. The highest BCUT2D eigenvalue weighted by molar-refractivity contribution is 14.1. The van der Waals surface area contributed by atoms with Crippen molar-refractivity contribution in [2.75, 3.05) is 0 Å². The molecular formula is C12H6F2IN3O. The molecule has 3 aromatic rings. The van der Waals surface area contributed by atoms with Crippen LogP contribution in [0.15, 0.2) is 35.5 Å². The topological polar surface area (TPSA) is 50.7 Å². The third-order valence-electron chi connectivity index (χ3n) is 2.67. The lowest BCUT2D eigenvalue weighted by Crippen LogP contribution is -2.07. The molecule has 0 radical (unpaired) electrons. The van der Waals surface area contributed by atoms with Gasteiger partial charge in [0.05, 0.1) is 17.4 Å². The van der Waals surface area contributed by atoms with Gasteiger partial charge in [0.25, 0.3) is 5.56 Å². The fourth-order valence-electron chi connectivity index (χ4n) is 1.90. The van der Waals surface area contributed by atoms with Crippen molar-refractivity contribution in [3.05, 3.63) is 56.3 Å². The standard InChI is InChI=1S/C12H6F2IN3O/c13-6-1-7(14)3-8(2-6)18-4-9(15)10-11(18)16-5-17-12(10)19/h1-5H,(H,16,17,19). The minimum atomic E-state index is -0.684. The molecule has 1 N–H and O–H groups in total. The van der Waals surface area contributed by atoms with Gasteiger partial charge in [0.1, 0.15) is 11.6 Å². The summed E-state index contributed by atoms with van der Waals surface area (Å²) in [6, 6.07) is 3.16. The van der Waals surface area contributed by atoms with Gasteiger partial charge in [-0.2, -0.15) is 0 Å². The second kappa shape index (κ2) is 4.41. The van der Waals surface area contributed by atoms with Crippen molar-refractivity contribution in [3.8, 4) is 5.69 Å². The van der Waals surface area contributed by atoms with Crippen LogP contribution in [-0.2, 0) is 0 Å². The first-order valence-corrected chi connectivity index (χ1v) is 6.35. The molecule has 0 amide bonds. The molecule has 0 aliphatic heterocycles. The van der Waals surface area contributed by atoms with E-state index in [0.29, 0.717) is 14.6 Å². The van der Waals surface area contributed by atoms with E-state index < -0.39 is 11.6 Å². The van der Waals surface area contributed by atoms with Crippen LogP contribution in [0.25, 0.3) is 16.7 Å². The van der Waals surface area contributed by atoms with Crippen molar-refractivity contribution < 1.29 is 8.78 Å². The van der Waals surface area contributed by atoms with Gasteiger partial charge in [-0.05, 0) is 34.7 Å².